The van der Waals surface area contributed by atoms with Crippen LogP contribution >= 0.6 is 11.3 Å². The van der Waals surface area contributed by atoms with Gasteiger partial charge in [0.25, 0.3) is 5.56 Å². The Labute approximate surface area is 101 Å². The van der Waals surface area contributed by atoms with E-state index in [2.05, 4.69) is 10.3 Å². The maximum Gasteiger partial charge on any atom is 0.272 e. The summed E-state index contributed by atoms with van der Waals surface area (Å²) >= 11 is 1.37. The fourth-order valence-electron chi connectivity index (χ4n) is 2.23. The van der Waals surface area contributed by atoms with E-state index < -0.39 is 6.04 Å². The van der Waals surface area contributed by atoms with Gasteiger partial charge in [0.15, 0.2) is 0 Å². The number of hydrogen-bond acceptors (Lipinski definition) is 4. The number of aromatic nitrogens is 2. The van der Waals surface area contributed by atoms with Crippen molar-refractivity contribution in [2.75, 3.05) is 6.54 Å². The number of amides is 1. The number of nitrogens with one attached hydrogen (secondary N) is 1. The average Bonchev–Trinajstić information content (AvgIpc) is 2.88. The molecular formula is C11H11N3O2S. The van der Waals surface area contributed by atoms with Gasteiger partial charge in [0, 0.05) is 6.54 Å². The lowest BCUT2D eigenvalue weighted by atomic mass is 10.2. The average molecular weight is 249 g/mol. The summed E-state index contributed by atoms with van der Waals surface area (Å²) in [5.41, 5.74) is 0.608. The fraction of sp³-hybridized carbons (Fsp3) is 0.364. The monoisotopic (exact) mass is 249 g/mol. The lowest BCUT2D eigenvalue weighted by Crippen LogP contribution is -2.32. The van der Waals surface area contributed by atoms with Gasteiger partial charge in [-0.15, -0.1) is 11.3 Å². The maximum atomic E-state index is 12.3. The molecule has 0 unspecified atom stereocenters. The standard InChI is InChI=1S/C11H11N3O2S/c1-6-13-7-3-5-17-9(7)11(16)14(6)8-2-4-12-10(8)15/h3,5,8H,2,4H2,1H3,(H,12,15)/t8-/m0/s1. The van der Waals surface area contributed by atoms with Crippen molar-refractivity contribution < 1.29 is 4.79 Å². The lowest BCUT2D eigenvalue weighted by molar-refractivity contribution is -0.121. The summed E-state index contributed by atoms with van der Waals surface area (Å²) in [5.74, 6) is 0.510. The van der Waals surface area contributed by atoms with E-state index in [-0.39, 0.29) is 11.5 Å². The van der Waals surface area contributed by atoms with Crippen LogP contribution in [0.5, 0.6) is 0 Å². The number of hydrogen-bond donors (Lipinski definition) is 1. The summed E-state index contributed by atoms with van der Waals surface area (Å²) < 4.78 is 2.14. The number of nitrogens with zero attached hydrogens (tertiary/aromatic N) is 2. The second kappa shape index (κ2) is 3.66. The molecule has 6 heteroatoms. The van der Waals surface area contributed by atoms with Gasteiger partial charge in [0.2, 0.25) is 5.91 Å². The number of carbonyl (C=O) groups excluding carboxylic acids is 1. The highest BCUT2D eigenvalue weighted by Gasteiger charge is 2.28. The highest BCUT2D eigenvalue weighted by Crippen LogP contribution is 2.20. The van der Waals surface area contributed by atoms with Crippen molar-refractivity contribution in [2.24, 2.45) is 0 Å². The van der Waals surface area contributed by atoms with Crippen LogP contribution in [0.25, 0.3) is 10.2 Å². The zero-order valence-electron chi connectivity index (χ0n) is 9.27. The van der Waals surface area contributed by atoms with Gasteiger partial charge in [-0.25, -0.2) is 4.98 Å². The predicted molar refractivity (Wildman–Crippen MR) is 65.3 cm³/mol. The Kier molecular flexibility index (Phi) is 2.25. The van der Waals surface area contributed by atoms with Crippen LogP contribution in [0.3, 0.4) is 0 Å². The number of rotatable bonds is 1. The highest BCUT2D eigenvalue weighted by molar-refractivity contribution is 7.17. The first-order chi connectivity index (χ1) is 8.18. The second-order valence-corrected chi connectivity index (χ2v) is 4.98. The zero-order valence-corrected chi connectivity index (χ0v) is 10.1. The third kappa shape index (κ3) is 1.48. The molecule has 88 valence electrons. The minimum atomic E-state index is -0.401. The minimum absolute atomic E-state index is 0.0899. The fourth-order valence-corrected chi connectivity index (χ4v) is 3.00. The second-order valence-electron chi connectivity index (χ2n) is 4.06. The first kappa shape index (κ1) is 10.5. The molecule has 0 bridgehead atoms. The Morgan fingerprint density at radius 1 is 1.53 bits per heavy atom. The lowest BCUT2D eigenvalue weighted by Gasteiger charge is -2.13. The van der Waals surface area contributed by atoms with Crippen molar-refractivity contribution >= 4 is 27.5 Å². The number of fused-ring (bicyclic) bond motifs is 1. The van der Waals surface area contributed by atoms with E-state index in [0.717, 1.165) is 0 Å². The predicted octanol–water partition coefficient (Wildman–Crippen LogP) is 0.827. The summed E-state index contributed by atoms with van der Waals surface area (Å²) in [5, 5.41) is 4.59. The molecule has 1 aliphatic rings. The van der Waals surface area contributed by atoms with Gasteiger partial charge in [-0.3, -0.25) is 14.2 Å². The number of carbonyl (C=O) groups is 1. The van der Waals surface area contributed by atoms with Crippen LogP contribution in [0.1, 0.15) is 18.3 Å². The van der Waals surface area contributed by atoms with Crippen molar-refractivity contribution in [2.45, 2.75) is 19.4 Å². The van der Waals surface area contributed by atoms with Crippen LogP contribution in [0, 0.1) is 6.92 Å². The summed E-state index contributed by atoms with van der Waals surface area (Å²) in [6.45, 7) is 2.39. The minimum Gasteiger partial charge on any atom is -0.354 e. The molecule has 0 aliphatic carbocycles. The molecule has 0 saturated carbocycles. The van der Waals surface area contributed by atoms with Gasteiger partial charge in [0.05, 0.1) is 5.52 Å². The van der Waals surface area contributed by atoms with E-state index in [1.54, 1.807) is 6.92 Å². The van der Waals surface area contributed by atoms with Crippen LogP contribution in [-0.4, -0.2) is 22.0 Å². The molecule has 2 aromatic rings. The van der Waals surface area contributed by atoms with Crippen LogP contribution in [-0.2, 0) is 4.79 Å². The molecule has 1 saturated heterocycles. The smallest absolute Gasteiger partial charge is 0.272 e. The summed E-state index contributed by atoms with van der Waals surface area (Å²) in [7, 11) is 0. The molecule has 1 aliphatic heterocycles. The van der Waals surface area contributed by atoms with Gasteiger partial charge in [-0.05, 0) is 24.8 Å². The molecule has 2 aromatic heterocycles. The van der Waals surface area contributed by atoms with Gasteiger partial charge >= 0.3 is 0 Å². The number of aryl methyl sites for hydroxylation is 1. The van der Waals surface area contributed by atoms with E-state index >= 15 is 0 Å². The largest absolute Gasteiger partial charge is 0.354 e. The highest BCUT2D eigenvalue weighted by atomic mass is 32.1. The molecule has 5 nitrogen and oxygen atoms in total. The van der Waals surface area contributed by atoms with Crippen molar-refractivity contribution in [3.8, 4) is 0 Å². The topological polar surface area (TPSA) is 64.0 Å². The van der Waals surface area contributed by atoms with Crippen molar-refractivity contribution in [1.29, 1.82) is 0 Å². The van der Waals surface area contributed by atoms with E-state index in [1.165, 1.54) is 15.9 Å². The molecule has 0 spiro atoms. The Morgan fingerprint density at radius 3 is 3.06 bits per heavy atom. The van der Waals surface area contributed by atoms with E-state index in [4.69, 9.17) is 0 Å². The first-order valence-corrected chi connectivity index (χ1v) is 6.30. The van der Waals surface area contributed by atoms with Gasteiger partial charge in [0.1, 0.15) is 16.6 Å². The maximum absolute atomic E-state index is 12.3. The van der Waals surface area contributed by atoms with E-state index in [9.17, 15) is 9.59 Å². The molecule has 1 N–H and O–H groups in total. The summed E-state index contributed by atoms with van der Waals surface area (Å²) in [6.07, 6.45) is 0.651. The first-order valence-electron chi connectivity index (χ1n) is 5.42. The molecule has 3 heterocycles. The normalized spacial score (nSPS) is 19.8. The number of thiophene rings is 1. The third-order valence-electron chi connectivity index (χ3n) is 3.02. The Balaban J connectivity index is 2.28. The molecule has 1 atom stereocenters. The van der Waals surface area contributed by atoms with Crippen molar-refractivity contribution in [1.82, 2.24) is 14.9 Å². The molecule has 0 aromatic carbocycles. The SMILES string of the molecule is Cc1nc2ccsc2c(=O)n1[C@H]1CCNC1=O. The molecule has 1 fully saturated rings. The van der Waals surface area contributed by atoms with Crippen molar-refractivity contribution in [3.05, 3.63) is 27.6 Å². The van der Waals surface area contributed by atoms with Crippen LogP contribution < -0.4 is 10.9 Å². The van der Waals surface area contributed by atoms with Gasteiger partial charge < -0.3 is 5.32 Å². The van der Waals surface area contributed by atoms with E-state index in [0.29, 0.717) is 29.0 Å². The van der Waals surface area contributed by atoms with Gasteiger partial charge in [-0.2, -0.15) is 0 Å². The van der Waals surface area contributed by atoms with Crippen LogP contribution in [0.2, 0.25) is 0 Å². The molecular weight excluding hydrogens is 238 g/mol. The molecule has 3 rings (SSSR count). The van der Waals surface area contributed by atoms with E-state index in [1.807, 2.05) is 11.4 Å². The Bertz CT molecular complexity index is 658. The summed E-state index contributed by atoms with van der Waals surface area (Å²) in [4.78, 5) is 28.3. The molecule has 17 heavy (non-hydrogen) atoms. The third-order valence-corrected chi connectivity index (χ3v) is 3.91. The molecule has 0 radical (unpaired) electrons. The Hall–Kier alpha value is -1.69. The molecule has 1 amide bonds. The van der Waals surface area contributed by atoms with Crippen LogP contribution in [0.4, 0.5) is 0 Å². The zero-order chi connectivity index (χ0) is 12.0. The van der Waals surface area contributed by atoms with Crippen LogP contribution in [0.15, 0.2) is 16.2 Å². The van der Waals surface area contributed by atoms with Crippen molar-refractivity contribution in [3.63, 3.8) is 0 Å². The quantitative estimate of drug-likeness (QED) is 0.814. The summed E-state index contributed by atoms with van der Waals surface area (Å²) in [6, 6.07) is 1.43. The Morgan fingerprint density at radius 2 is 2.35 bits per heavy atom. The van der Waals surface area contributed by atoms with Gasteiger partial charge in [-0.1, -0.05) is 0 Å².